The normalized spacial score (nSPS) is 23.7. The van der Waals surface area contributed by atoms with Crippen molar-refractivity contribution < 1.29 is 13.9 Å². The third kappa shape index (κ3) is 3.48. The molecule has 19 heavy (non-hydrogen) atoms. The highest BCUT2D eigenvalue weighted by atomic mass is 19.1. The molecule has 2 rings (SSSR count). The van der Waals surface area contributed by atoms with E-state index in [9.17, 15) is 9.18 Å². The van der Waals surface area contributed by atoms with Crippen molar-refractivity contribution in [2.45, 2.75) is 19.1 Å². The predicted molar refractivity (Wildman–Crippen MR) is 67.6 cm³/mol. The van der Waals surface area contributed by atoms with Crippen LogP contribution in [-0.4, -0.2) is 42.1 Å². The Hall–Kier alpha value is -1.53. The van der Waals surface area contributed by atoms with Crippen molar-refractivity contribution in [1.29, 1.82) is 0 Å². The van der Waals surface area contributed by atoms with Gasteiger partial charge in [0, 0.05) is 45.3 Å². The Labute approximate surface area is 111 Å². The first kappa shape index (κ1) is 13.9. The molecule has 1 fully saturated rings. The summed E-state index contributed by atoms with van der Waals surface area (Å²) in [4.78, 5) is 17.1. The molecule has 0 bridgehead atoms. The number of ether oxygens (including phenoxy) is 1. The topological polar surface area (TPSA) is 68.4 Å². The second kappa shape index (κ2) is 6.08. The number of hydrogen-bond acceptors (Lipinski definition) is 4. The first-order valence-corrected chi connectivity index (χ1v) is 6.23. The SMILES string of the molecule is CO[C@H]1CN(Cc2ncccc2F)C[C@H]1CC(N)=O. The van der Waals surface area contributed by atoms with Crippen LogP contribution in [0, 0.1) is 11.7 Å². The Balaban J connectivity index is 2.00. The molecular formula is C13H18FN3O2. The molecule has 1 aliphatic rings. The van der Waals surface area contributed by atoms with Crippen molar-refractivity contribution in [2.75, 3.05) is 20.2 Å². The highest BCUT2D eigenvalue weighted by Crippen LogP contribution is 2.24. The molecule has 2 atom stereocenters. The summed E-state index contributed by atoms with van der Waals surface area (Å²) in [7, 11) is 1.61. The molecule has 1 amide bonds. The summed E-state index contributed by atoms with van der Waals surface area (Å²) in [5.41, 5.74) is 5.64. The quantitative estimate of drug-likeness (QED) is 0.845. The van der Waals surface area contributed by atoms with Gasteiger partial charge in [0.15, 0.2) is 0 Å². The molecule has 1 aromatic rings. The second-order valence-electron chi connectivity index (χ2n) is 4.83. The Kier molecular flexibility index (Phi) is 4.44. The molecule has 2 heterocycles. The van der Waals surface area contributed by atoms with Crippen LogP contribution in [-0.2, 0) is 16.1 Å². The summed E-state index contributed by atoms with van der Waals surface area (Å²) in [6, 6.07) is 2.96. The van der Waals surface area contributed by atoms with E-state index >= 15 is 0 Å². The van der Waals surface area contributed by atoms with E-state index < -0.39 is 0 Å². The highest BCUT2D eigenvalue weighted by Gasteiger charge is 2.34. The summed E-state index contributed by atoms with van der Waals surface area (Å²) in [5, 5.41) is 0. The molecule has 0 unspecified atom stereocenters. The number of nitrogens with two attached hydrogens (primary N) is 1. The van der Waals surface area contributed by atoms with Crippen molar-refractivity contribution in [3.8, 4) is 0 Å². The largest absolute Gasteiger partial charge is 0.380 e. The number of carbonyl (C=O) groups is 1. The van der Waals surface area contributed by atoms with Crippen molar-refractivity contribution in [1.82, 2.24) is 9.88 Å². The number of amides is 1. The summed E-state index contributed by atoms with van der Waals surface area (Å²) in [6.07, 6.45) is 1.82. The summed E-state index contributed by atoms with van der Waals surface area (Å²) in [6.45, 7) is 1.74. The molecule has 1 saturated heterocycles. The summed E-state index contributed by atoms with van der Waals surface area (Å²) < 4.78 is 18.9. The van der Waals surface area contributed by atoms with Gasteiger partial charge in [-0.2, -0.15) is 0 Å². The molecule has 0 aromatic carbocycles. The number of halogens is 1. The minimum Gasteiger partial charge on any atom is -0.380 e. The van der Waals surface area contributed by atoms with Gasteiger partial charge >= 0.3 is 0 Å². The van der Waals surface area contributed by atoms with Gasteiger partial charge in [0.25, 0.3) is 0 Å². The lowest BCUT2D eigenvalue weighted by Crippen LogP contribution is -2.26. The van der Waals surface area contributed by atoms with Crippen LogP contribution in [0.25, 0.3) is 0 Å². The van der Waals surface area contributed by atoms with Crippen LogP contribution in [0.2, 0.25) is 0 Å². The first-order chi connectivity index (χ1) is 9.10. The van der Waals surface area contributed by atoms with Crippen LogP contribution in [0.3, 0.4) is 0 Å². The third-order valence-corrected chi connectivity index (χ3v) is 3.43. The summed E-state index contributed by atoms with van der Waals surface area (Å²) in [5.74, 6) is -0.581. The van der Waals surface area contributed by atoms with Gasteiger partial charge in [0.2, 0.25) is 5.91 Å². The van der Waals surface area contributed by atoms with Gasteiger partial charge in [-0.1, -0.05) is 0 Å². The van der Waals surface area contributed by atoms with Gasteiger partial charge < -0.3 is 10.5 Å². The lowest BCUT2D eigenvalue weighted by Gasteiger charge is -2.14. The van der Waals surface area contributed by atoms with Gasteiger partial charge in [0.1, 0.15) is 5.82 Å². The maximum Gasteiger partial charge on any atom is 0.217 e. The molecule has 1 aromatic heterocycles. The zero-order chi connectivity index (χ0) is 13.8. The van der Waals surface area contributed by atoms with E-state index in [1.165, 1.54) is 6.07 Å². The number of nitrogens with zero attached hydrogens (tertiary/aromatic N) is 2. The minimum absolute atomic E-state index is 0.0423. The monoisotopic (exact) mass is 267 g/mol. The van der Waals surface area contributed by atoms with Crippen molar-refractivity contribution in [3.05, 3.63) is 29.8 Å². The fourth-order valence-electron chi connectivity index (χ4n) is 2.52. The first-order valence-electron chi connectivity index (χ1n) is 6.23. The standard InChI is InChI=1S/C13H18FN3O2/c1-19-12-8-17(6-9(12)5-13(15)18)7-11-10(14)3-2-4-16-11/h2-4,9,12H,5-8H2,1H3,(H2,15,18)/t9-,12+/m1/s1. The average molecular weight is 267 g/mol. The van der Waals surface area contributed by atoms with Gasteiger partial charge in [-0.3, -0.25) is 14.7 Å². The van der Waals surface area contributed by atoms with E-state index in [2.05, 4.69) is 4.98 Å². The number of carbonyl (C=O) groups excluding carboxylic acids is 1. The van der Waals surface area contributed by atoms with Gasteiger partial charge in [-0.15, -0.1) is 0 Å². The Bertz CT molecular complexity index is 455. The third-order valence-electron chi connectivity index (χ3n) is 3.43. The Morgan fingerprint density at radius 3 is 3.05 bits per heavy atom. The van der Waals surface area contributed by atoms with Crippen LogP contribution in [0.15, 0.2) is 18.3 Å². The molecule has 6 heteroatoms. The second-order valence-corrected chi connectivity index (χ2v) is 4.83. The lowest BCUT2D eigenvalue weighted by atomic mass is 10.0. The molecule has 0 spiro atoms. The van der Waals surface area contributed by atoms with Gasteiger partial charge in [-0.05, 0) is 12.1 Å². The van der Waals surface area contributed by atoms with Crippen molar-refractivity contribution in [3.63, 3.8) is 0 Å². The number of hydrogen-bond donors (Lipinski definition) is 1. The number of rotatable bonds is 5. The average Bonchev–Trinajstić information content (AvgIpc) is 2.73. The van der Waals surface area contributed by atoms with Crippen molar-refractivity contribution >= 4 is 5.91 Å². The number of aromatic nitrogens is 1. The van der Waals surface area contributed by atoms with E-state index in [1.54, 1.807) is 19.4 Å². The fourth-order valence-corrected chi connectivity index (χ4v) is 2.52. The molecule has 0 radical (unpaired) electrons. The van der Waals surface area contributed by atoms with Crippen LogP contribution < -0.4 is 5.73 Å². The Morgan fingerprint density at radius 2 is 2.42 bits per heavy atom. The van der Waals surface area contributed by atoms with Gasteiger partial charge in [0.05, 0.1) is 11.8 Å². The highest BCUT2D eigenvalue weighted by molar-refractivity contribution is 5.74. The zero-order valence-electron chi connectivity index (χ0n) is 10.9. The zero-order valence-corrected chi connectivity index (χ0v) is 10.9. The molecule has 104 valence electrons. The minimum atomic E-state index is -0.335. The van der Waals surface area contributed by atoms with Gasteiger partial charge in [-0.25, -0.2) is 4.39 Å². The fraction of sp³-hybridized carbons (Fsp3) is 0.538. The Morgan fingerprint density at radius 1 is 1.63 bits per heavy atom. The van der Waals surface area contributed by atoms with E-state index in [1.807, 2.05) is 4.90 Å². The van der Waals surface area contributed by atoms with E-state index in [4.69, 9.17) is 10.5 Å². The van der Waals surface area contributed by atoms with Crippen LogP contribution in [0.4, 0.5) is 4.39 Å². The van der Waals surface area contributed by atoms with Crippen LogP contribution >= 0.6 is 0 Å². The molecule has 2 N–H and O–H groups in total. The molecular weight excluding hydrogens is 249 g/mol. The number of pyridine rings is 1. The van der Waals surface area contributed by atoms with Crippen LogP contribution in [0.5, 0.6) is 0 Å². The maximum atomic E-state index is 13.5. The lowest BCUT2D eigenvalue weighted by molar-refractivity contribution is -0.119. The van der Waals surface area contributed by atoms with E-state index in [0.29, 0.717) is 31.7 Å². The van der Waals surface area contributed by atoms with E-state index in [0.717, 1.165) is 0 Å². The number of likely N-dealkylation sites (tertiary alicyclic amines) is 1. The predicted octanol–water partition coefficient (Wildman–Crippen LogP) is 0.543. The number of primary amides is 1. The van der Waals surface area contributed by atoms with E-state index in [-0.39, 0.29) is 23.7 Å². The maximum absolute atomic E-state index is 13.5. The summed E-state index contributed by atoms with van der Waals surface area (Å²) >= 11 is 0. The molecule has 0 aliphatic carbocycles. The van der Waals surface area contributed by atoms with Crippen molar-refractivity contribution in [2.24, 2.45) is 11.7 Å². The molecule has 1 aliphatic heterocycles. The molecule has 5 nitrogen and oxygen atoms in total. The van der Waals surface area contributed by atoms with Crippen LogP contribution in [0.1, 0.15) is 12.1 Å². The molecule has 0 saturated carbocycles. The smallest absolute Gasteiger partial charge is 0.217 e. The number of methoxy groups -OCH3 is 1.